The van der Waals surface area contributed by atoms with Gasteiger partial charge >= 0.3 is 0 Å². The molecule has 1 atom stereocenters. The predicted octanol–water partition coefficient (Wildman–Crippen LogP) is 3.05. The van der Waals surface area contributed by atoms with Gasteiger partial charge in [-0.15, -0.1) is 0 Å². The van der Waals surface area contributed by atoms with Gasteiger partial charge in [0.05, 0.1) is 11.5 Å². The Balaban J connectivity index is 1.64. The number of carbonyl (C=O) groups is 1. The predicted molar refractivity (Wildman–Crippen MR) is 90.0 cm³/mol. The minimum atomic E-state index is -0.508. The van der Waals surface area contributed by atoms with Gasteiger partial charge in [-0.3, -0.25) is 14.9 Å². The van der Waals surface area contributed by atoms with Crippen LogP contribution < -0.4 is 4.74 Å². The number of ether oxygens (including phenoxy) is 1. The molecule has 0 radical (unpaired) electrons. The van der Waals surface area contributed by atoms with Crippen molar-refractivity contribution in [2.24, 2.45) is 0 Å². The summed E-state index contributed by atoms with van der Waals surface area (Å²) in [6, 6.07) is 9.36. The van der Waals surface area contributed by atoms with Gasteiger partial charge in [0, 0.05) is 47.4 Å². The molecule has 2 heterocycles. The van der Waals surface area contributed by atoms with Crippen molar-refractivity contribution >= 4 is 27.5 Å². The third-order valence-electron chi connectivity index (χ3n) is 3.72. The number of nitrogens with zero attached hydrogens (tertiary/aromatic N) is 3. The first kappa shape index (κ1) is 16.4. The maximum atomic E-state index is 12.5. The molecule has 8 heteroatoms. The van der Waals surface area contributed by atoms with Gasteiger partial charge in [-0.25, -0.2) is 4.98 Å². The highest BCUT2D eigenvalue weighted by molar-refractivity contribution is 9.10. The number of non-ortho nitro benzene ring substituents is 1. The van der Waals surface area contributed by atoms with Gasteiger partial charge in [0.25, 0.3) is 11.6 Å². The van der Waals surface area contributed by atoms with Crippen LogP contribution in [0.15, 0.2) is 47.1 Å². The lowest BCUT2D eigenvalue weighted by molar-refractivity contribution is -0.384. The lowest BCUT2D eigenvalue weighted by Crippen LogP contribution is -2.31. The molecule has 0 aliphatic carbocycles. The Morgan fingerprint density at radius 2 is 2.21 bits per heavy atom. The maximum absolute atomic E-state index is 12.5. The van der Waals surface area contributed by atoms with Gasteiger partial charge in [-0.05, 0) is 28.1 Å². The number of hydrogen-bond acceptors (Lipinski definition) is 5. The van der Waals surface area contributed by atoms with Crippen LogP contribution in [0, 0.1) is 10.1 Å². The highest BCUT2D eigenvalue weighted by atomic mass is 79.9. The molecule has 2 aromatic rings. The van der Waals surface area contributed by atoms with Crippen molar-refractivity contribution in [3.05, 3.63) is 62.7 Å². The molecule has 0 spiro atoms. The number of nitro benzene ring substituents is 1. The average Bonchev–Trinajstić information content (AvgIpc) is 3.05. The molecule has 1 amide bonds. The Labute approximate surface area is 146 Å². The van der Waals surface area contributed by atoms with E-state index in [-0.39, 0.29) is 17.7 Å². The smallest absolute Gasteiger partial charge is 0.270 e. The molecule has 0 saturated carbocycles. The van der Waals surface area contributed by atoms with Crippen molar-refractivity contribution in [1.82, 2.24) is 9.88 Å². The van der Waals surface area contributed by atoms with Crippen LogP contribution in [-0.2, 0) is 0 Å². The van der Waals surface area contributed by atoms with E-state index in [1.54, 1.807) is 23.2 Å². The average molecular weight is 392 g/mol. The van der Waals surface area contributed by atoms with Gasteiger partial charge in [0.1, 0.15) is 6.10 Å². The third-order valence-corrected chi connectivity index (χ3v) is 4.19. The van der Waals surface area contributed by atoms with Crippen molar-refractivity contribution in [1.29, 1.82) is 0 Å². The van der Waals surface area contributed by atoms with E-state index in [0.717, 1.165) is 4.47 Å². The van der Waals surface area contributed by atoms with E-state index in [4.69, 9.17) is 4.74 Å². The number of hydrogen-bond donors (Lipinski definition) is 0. The van der Waals surface area contributed by atoms with Crippen LogP contribution in [0.25, 0.3) is 0 Å². The third kappa shape index (κ3) is 3.70. The van der Waals surface area contributed by atoms with E-state index in [9.17, 15) is 14.9 Å². The SMILES string of the molecule is O=C(c1cccc([N+](=O)[O-])c1)N1CCC(Oc2ccc(Br)cn2)C1. The van der Waals surface area contributed by atoms with E-state index < -0.39 is 4.92 Å². The largest absolute Gasteiger partial charge is 0.472 e. The first-order valence-corrected chi connectivity index (χ1v) is 8.14. The number of aromatic nitrogens is 1. The lowest BCUT2D eigenvalue weighted by Gasteiger charge is -2.17. The zero-order valence-corrected chi connectivity index (χ0v) is 14.2. The van der Waals surface area contributed by atoms with Gasteiger partial charge in [0.2, 0.25) is 5.88 Å². The second-order valence-corrected chi connectivity index (χ2v) is 6.32. The summed E-state index contributed by atoms with van der Waals surface area (Å²) < 4.78 is 6.64. The van der Waals surface area contributed by atoms with Crippen molar-refractivity contribution in [2.45, 2.75) is 12.5 Å². The number of carbonyl (C=O) groups excluding carboxylic acids is 1. The molecule has 1 saturated heterocycles. The number of benzene rings is 1. The summed E-state index contributed by atoms with van der Waals surface area (Å²) in [6.45, 7) is 0.974. The number of pyridine rings is 1. The fourth-order valence-electron chi connectivity index (χ4n) is 2.55. The number of amides is 1. The highest BCUT2D eigenvalue weighted by Gasteiger charge is 2.29. The molecule has 1 aromatic carbocycles. The second kappa shape index (κ2) is 6.96. The molecule has 0 N–H and O–H groups in total. The summed E-state index contributed by atoms with van der Waals surface area (Å²) in [6.07, 6.45) is 2.20. The Bertz CT molecular complexity index is 766. The summed E-state index contributed by atoms with van der Waals surface area (Å²) in [5, 5.41) is 10.8. The highest BCUT2D eigenvalue weighted by Crippen LogP contribution is 2.21. The quantitative estimate of drug-likeness (QED) is 0.590. The molecule has 124 valence electrons. The van der Waals surface area contributed by atoms with Gasteiger partial charge < -0.3 is 9.64 Å². The van der Waals surface area contributed by atoms with Crippen LogP contribution in [0.4, 0.5) is 5.69 Å². The monoisotopic (exact) mass is 391 g/mol. The topological polar surface area (TPSA) is 85.6 Å². The second-order valence-electron chi connectivity index (χ2n) is 5.40. The first-order chi connectivity index (χ1) is 11.5. The molecular weight excluding hydrogens is 378 g/mol. The molecule has 0 bridgehead atoms. The summed E-state index contributed by atoms with van der Waals surface area (Å²) >= 11 is 3.31. The van der Waals surface area contributed by atoms with E-state index >= 15 is 0 Å². The number of nitro groups is 1. The minimum absolute atomic E-state index is 0.0908. The van der Waals surface area contributed by atoms with E-state index in [0.29, 0.717) is 31.0 Å². The Kier molecular flexibility index (Phi) is 4.75. The van der Waals surface area contributed by atoms with Crippen LogP contribution >= 0.6 is 15.9 Å². The molecule has 3 rings (SSSR count). The number of rotatable bonds is 4. The van der Waals surface area contributed by atoms with Crippen LogP contribution in [0.1, 0.15) is 16.8 Å². The van der Waals surface area contributed by atoms with Gasteiger partial charge in [0.15, 0.2) is 0 Å². The molecular formula is C16H14BrN3O4. The normalized spacial score (nSPS) is 16.9. The molecule has 1 aromatic heterocycles. The van der Waals surface area contributed by atoms with Crippen molar-refractivity contribution in [3.8, 4) is 5.88 Å². The van der Waals surface area contributed by atoms with Crippen molar-refractivity contribution < 1.29 is 14.5 Å². The minimum Gasteiger partial charge on any atom is -0.472 e. The Morgan fingerprint density at radius 3 is 2.92 bits per heavy atom. The van der Waals surface area contributed by atoms with Crippen LogP contribution in [0.2, 0.25) is 0 Å². The fraction of sp³-hybridized carbons (Fsp3) is 0.250. The van der Waals surface area contributed by atoms with E-state index in [1.807, 2.05) is 6.07 Å². The molecule has 24 heavy (non-hydrogen) atoms. The van der Waals surface area contributed by atoms with E-state index in [2.05, 4.69) is 20.9 Å². The van der Waals surface area contributed by atoms with Crippen LogP contribution in [0.3, 0.4) is 0 Å². The van der Waals surface area contributed by atoms with Crippen LogP contribution in [-0.4, -0.2) is 39.9 Å². The molecule has 1 aliphatic heterocycles. The Morgan fingerprint density at radius 1 is 1.38 bits per heavy atom. The lowest BCUT2D eigenvalue weighted by atomic mass is 10.2. The summed E-state index contributed by atoms with van der Waals surface area (Å²) in [5.74, 6) is 0.279. The number of halogens is 1. The molecule has 1 unspecified atom stereocenters. The van der Waals surface area contributed by atoms with Gasteiger partial charge in [-0.1, -0.05) is 6.07 Å². The molecule has 1 aliphatic rings. The zero-order valence-electron chi connectivity index (χ0n) is 12.6. The van der Waals surface area contributed by atoms with Gasteiger partial charge in [-0.2, -0.15) is 0 Å². The zero-order chi connectivity index (χ0) is 17.1. The maximum Gasteiger partial charge on any atom is 0.270 e. The van der Waals surface area contributed by atoms with Crippen molar-refractivity contribution in [3.63, 3.8) is 0 Å². The fourth-order valence-corrected chi connectivity index (χ4v) is 2.78. The molecule has 7 nitrogen and oxygen atoms in total. The summed E-state index contributed by atoms with van der Waals surface area (Å²) in [7, 11) is 0. The standard InChI is InChI=1S/C16H14BrN3O4/c17-12-4-5-15(18-9-12)24-14-6-7-19(10-14)16(21)11-2-1-3-13(8-11)20(22)23/h1-5,8-9,14H,6-7,10H2. The Hall–Kier alpha value is -2.48. The number of likely N-dealkylation sites (tertiary alicyclic amines) is 1. The summed E-state index contributed by atoms with van der Waals surface area (Å²) in [4.78, 5) is 28.6. The van der Waals surface area contributed by atoms with Crippen molar-refractivity contribution in [2.75, 3.05) is 13.1 Å². The molecule has 1 fully saturated rings. The first-order valence-electron chi connectivity index (χ1n) is 7.35. The van der Waals surface area contributed by atoms with Crippen LogP contribution in [0.5, 0.6) is 5.88 Å². The van der Waals surface area contributed by atoms with E-state index in [1.165, 1.54) is 18.2 Å². The summed E-state index contributed by atoms with van der Waals surface area (Å²) in [5.41, 5.74) is 0.221.